The Morgan fingerprint density at radius 2 is 2.28 bits per heavy atom. The second kappa shape index (κ2) is 4.42. The minimum atomic E-state index is -0.978. The molecule has 0 aliphatic rings. The zero-order valence-corrected chi connectivity index (χ0v) is 10.7. The summed E-state index contributed by atoms with van der Waals surface area (Å²) in [6, 6.07) is 5.05. The van der Waals surface area contributed by atoms with Crippen molar-refractivity contribution in [3.63, 3.8) is 0 Å². The Kier molecular flexibility index (Phi) is 3.09. The number of fused-ring (bicyclic) bond motifs is 1. The van der Waals surface area contributed by atoms with E-state index in [1.165, 1.54) is 0 Å². The molecule has 2 aromatic rings. The summed E-state index contributed by atoms with van der Waals surface area (Å²) in [6.45, 7) is 3.92. The van der Waals surface area contributed by atoms with Gasteiger partial charge in [-0.3, -0.25) is 0 Å². The van der Waals surface area contributed by atoms with Crippen LogP contribution in [0.2, 0.25) is 0 Å². The second-order valence-electron chi connectivity index (χ2n) is 4.38. The molecule has 0 bridgehead atoms. The number of nitrogens with zero attached hydrogens (tertiary/aromatic N) is 1. The van der Waals surface area contributed by atoms with Gasteiger partial charge in [-0.05, 0) is 25.5 Å². The number of ether oxygens (including phenoxy) is 1. The number of nitrogens with one attached hydrogen (secondary N) is 1. The van der Waals surface area contributed by atoms with Gasteiger partial charge in [-0.1, -0.05) is 13.0 Å². The fourth-order valence-electron chi connectivity index (χ4n) is 1.86. The van der Waals surface area contributed by atoms with E-state index >= 15 is 0 Å². The Hall–Kier alpha value is -1.88. The molecule has 96 valence electrons. The van der Waals surface area contributed by atoms with Crippen molar-refractivity contribution in [1.82, 2.24) is 9.97 Å². The molecule has 18 heavy (non-hydrogen) atoms. The van der Waals surface area contributed by atoms with E-state index in [1.54, 1.807) is 19.2 Å². The second-order valence-corrected chi connectivity index (χ2v) is 4.38. The van der Waals surface area contributed by atoms with Crippen molar-refractivity contribution in [2.45, 2.75) is 25.9 Å². The van der Waals surface area contributed by atoms with Gasteiger partial charge < -0.3 is 14.8 Å². The number of imidazole rings is 1. The number of hydrogen-bond acceptors (Lipinski definition) is 3. The van der Waals surface area contributed by atoms with Crippen molar-refractivity contribution in [2.75, 3.05) is 7.11 Å². The lowest BCUT2D eigenvalue weighted by atomic mass is 10.0. The predicted octanol–water partition coefficient (Wildman–Crippen LogP) is 2.53. The Morgan fingerprint density at radius 3 is 2.83 bits per heavy atom. The molecular formula is C13H16N2O3. The molecule has 0 aliphatic carbocycles. The third kappa shape index (κ3) is 1.86. The summed E-state index contributed by atoms with van der Waals surface area (Å²) in [5.41, 5.74) is 0.845. The first-order chi connectivity index (χ1) is 8.51. The van der Waals surface area contributed by atoms with Crippen LogP contribution in [0.25, 0.3) is 11.0 Å². The number of methoxy groups -OCH3 is 1. The van der Waals surface area contributed by atoms with Crippen LogP contribution in [-0.4, -0.2) is 28.2 Å². The lowest BCUT2D eigenvalue weighted by Crippen LogP contribution is -2.24. The van der Waals surface area contributed by atoms with Gasteiger partial charge in [0.1, 0.15) is 16.9 Å². The van der Waals surface area contributed by atoms with Crippen LogP contribution in [0.4, 0.5) is 0 Å². The van der Waals surface area contributed by atoms with E-state index in [0.717, 1.165) is 6.42 Å². The zero-order chi connectivity index (χ0) is 13.3. The number of carboxylic acids is 1. The van der Waals surface area contributed by atoms with E-state index in [9.17, 15) is 4.79 Å². The predicted molar refractivity (Wildman–Crippen MR) is 67.7 cm³/mol. The SMILES string of the molecule is CCC(C)(OC)c1nc2c(C(=O)O)cccc2[nH]1. The molecule has 1 atom stereocenters. The van der Waals surface area contributed by atoms with Gasteiger partial charge in [0.15, 0.2) is 0 Å². The van der Waals surface area contributed by atoms with Crippen molar-refractivity contribution >= 4 is 17.0 Å². The highest BCUT2D eigenvalue weighted by atomic mass is 16.5. The summed E-state index contributed by atoms with van der Waals surface area (Å²) >= 11 is 0. The topological polar surface area (TPSA) is 75.2 Å². The van der Waals surface area contributed by atoms with E-state index in [4.69, 9.17) is 9.84 Å². The van der Waals surface area contributed by atoms with Crippen molar-refractivity contribution in [3.05, 3.63) is 29.6 Å². The van der Waals surface area contributed by atoms with Gasteiger partial charge in [-0.25, -0.2) is 9.78 Å². The Labute approximate surface area is 105 Å². The summed E-state index contributed by atoms with van der Waals surface area (Å²) in [5.74, 6) is -0.328. The number of aromatic amines is 1. The van der Waals surface area contributed by atoms with Crippen LogP contribution in [0.5, 0.6) is 0 Å². The minimum absolute atomic E-state index is 0.199. The maximum atomic E-state index is 11.1. The highest BCUT2D eigenvalue weighted by Gasteiger charge is 2.28. The molecule has 1 aromatic heterocycles. The van der Waals surface area contributed by atoms with Crippen molar-refractivity contribution in [3.8, 4) is 0 Å². The van der Waals surface area contributed by atoms with Crippen LogP contribution in [0.15, 0.2) is 18.2 Å². The van der Waals surface area contributed by atoms with E-state index in [0.29, 0.717) is 16.9 Å². The van der Waals surface area contributed by atoms with Crippen molar-refractivity contribution in [1.29, 1.82) is 0 Å². The quantitative estimate of drug-likeness (QED) is 0.871. The lowest BCUT2D eigenvalue weighted by molar-refractivity contribution is -0.00804. The number of aromatic carboxylic acids is 1. The molecule has 1 unspecified atom stereocenters. The minimum Gasteiger partial charge on any atom is -0.478 e. The number of para-hydroxylation sites is 1. The summed E-state index contributed by atoms with van der Waals surface area (Å²) in [4.78, 5) is 18.6. The Morgan fingerprint density at radius 1 is 1.56 bits per heavy atom. The van der Waals surface area contributed by atoms with Crippen LogP contribution in [0, 0.1) is 0 Å². The normalized spacial score (nSPS) is 14.6. The van der Waals surface area contributed by atoms with Gasteiger partial charge in [-0.2, -0.15) is 0 Å². The number of benzene rings is 1. The van der Waals surface area contributed by atoms with E-state index in [-0.39, 0.29) is 5.56 Å². The van der Waals surface area contributed by atoms with Gasteiger partial charge in [0, 0.05) is 7.11 Å². The first-order valence-corrected chi connectivity index (χ1v) is 5.79. The third-order valence-corrected chi connectivity index (χ3v) is 3.37. The molecule has 0 amide bonds. The molecule has 5 nitrogen and oxygen atoms in total. The Balaban J connectivity index is 2.64. The van der Waals surface area contributed by atoms with Gasteiger partial charge in [0.25, 0.3) is 0 Å². The largest absolute Gasteiger partial charge is 0.478 e. The third-order valence-electron chi connectivity index (χ3n) is 3.37. The standard InChI is InChI=1S/C13H16N2O3/c1-4-13(2,18-3)12-14-9-7-5-6-8(11(16)17)10(9)15-12/h5-7H,4H2,1-3H3,(H,14,15)(H,16,17). The highest BCUT2D eigenvalue weighted by molar-refractivity contribution is 6.00. The zero-order valence-electron chi connectivity index (χ0n) is 10.7. The molecule has 0 saturated heterocycles. The van der Waals surface area contributed by atoms with Crippen LogP contribution in [-0.2, 0) is 10.3 Å². The van der Waals surface area contributed by atoms with E-state index in [2.05, 4.69) is 9.97 Å². The summed E-state index contributed by atoms with van der Waals surface area (Å²) < 4.78 is 5.46. The number of aromatic nitrogens is 2. The fourth-order valence-corrected chi connectivity index (χ4v) is 1.86. The number of carboxylic acid groups (broad SMARTS) is 1. The lowest BCUT2D eigenvalue weighted by Gasteiger charge is -2.23. The molecular weight excluding hydrogens is 232 g/mol. The molecule has 2 N–H and O–H groups in total. The van der Waals surface area contributed by atoms with E-state index in [1.807, 2.05) is 19.9 Å². The maximum Gasteiger partial charge on any atom is 0.337 e. The maximum absolute atomic E-state index is 11.1. The van der Waals surface area contributed by atoms with Crippen LogP contribution >= 0.6 is 0 Å². The van der Waals surface area contributed by atoms with Crippen LogP contribution in [0.3, 0.4) is 0 Å². The first-order valence-electron chi connectivity index (χ1n) is 5.79. The Bertz CT molecular complexity index is 585. The summed E-state index contributed by atoms with van der Waals surface area (Å²) in [6.07, 6.45) is 0.742. The average Bonchev–Trinajstić information content (AvgIpc) is 2.81. The number of hydrogen-bond donors (Lipinski definition) is 2. The van der Waals surface area contributed by atoms with Gasteiger partial charge in [-0.15, -0.1) is 0 Å². The smallest absolute Gasteiger partial charge is 0.337 e. The highest BCUT2D eigenvalue weighted by Crippen LogP contribution is 2.28. The monoisotopic (exact) mass is 248 g/mol. The number of carbonyl (C=O) groups is 1. The van der Waals surface area contributed by atoms with Crippen LogP contribution < -0.4 is 0 Å². The van der Waals surface area contributed by atoms with Crippen molar-refractivity contribution < 1.29 is 14.6 Å². The molecule has 0 saturated carbocycles. The van der Waals surface area contributed by atoms with Crippen molar-refractivity contribution in [2.24, 2.45) is 0 Å². The molecule has 0 spiro atoms. The summed E-state index contributed by atoms with van der Waals surface area (Å²) in [7, 11) is 1.62. The molecule has 5 heteroatoms. The van der Waals surface area contributed by atoms with Gasteiger partial charge in [0.05, 0.1) is 11.1 Å². The molecule has 0 aliphatic heterocycles. The number of rotatable bonds is 4. The first kappa shape index (κ1) is 12.6. The fraction of sp³-hybridized carbons (Fsp3) is 0.385. The molecule has 2 rings (SSSR count). The number of H-pyrrole nitrogens is 1. The average molecular weight is 248 g/mol. The molecule has 1 heterocycles. The molecule has 0 radical (unpaired) electrons. The van der Waals surface area contributed by atoms with Gasteiger partial charge >= 0.3 is 5.97 Å². The summed E-state index contributed by atoms with van der Waals surface area (Å²) in [5, 5.41) is 9.12. The van der Waals surface area contributed by atoms with E-state index < -0.39 is 11.6 Å². The van der Waals surface area contributed by atoms with Gasteiger partial charge in [0.2, 0.25) is 0 Å². The molecule has 0 fully saturated rings. The van der Waals surface area contributed by atoms with Crippen LogP contribution in [0.1, 0.15) is 36.5 Å². The molecule has 1 aromatic carbocycles.